The minimum absolute atomic E-state index is 0.0585. The van der Waals surface area contributed by atoms with Gasteiger partial charge in [-0.1, -0.05) is 6.07 Å². The Kier molecular flexibility index (Phi) is 17.4. The van der Waals surface area contributed by atoms with E-state index >= 15 is 0 Å². The Morgan fingerprint density at radius 3 is 1.55 bits per heavy atom. The Balaban J connectivity index is 1.09. The van der Waals surface area contributed by atoms with Gasteiger partial charge in [-0.25, -0.2) is 9.59 Å². The fourth-order valence-electron chi connectivity index (χ4n) is 10.2. The number of methoxy groups -OCH3 is 10. The van der Waals surface area contributed by atoms with Crippen molar-refractivity contribution < 1.29 is 75.4 Å². The largest absolute Gasteiger partial charge is 0.493 e. The van der Waals surface area contributed by atoms with E-state index in [0.717, 1.165) is 73.3 Å². The molecule has 2 heterocycles. The van der Waals surface area contributed by atoms with Crippen LogP contribution in [-0.2, 0) is 38.3 Å². The van der Waals surface area contributed by atoms with Crippen molar-refractivity contribution in [3.05, 3.63) is 94.1 Å². The highest BCUT2D eigenvalue weighted by atomic mass is 16.6. The number of likely N-dealkylation sites (N-methyl/N-ethyl adjacent to an activating group) is 2. The molecule has 4 atom stereocenters. The van der Waals surface area contributed by atoms with Crippen molar-refractivity contribution in [2.24, 2.45) is 0 Å². The van der Waals surface area contributed by atoms with Gasteiger partial charge in [0.2, 0.25) is 11.5 Å². The van der Waals surface area contributed by atoms with Gasteiger partial charge in [0.25, 0.3) is 0 Å². The highest BCUT2D eigenvalue weighted by molar-refractivity contribution is 5.91. The molecule has 0 spiro atoms. The van der Waals surface area contributed by atoms with Crippen molar-refractivity contribution in [3.63, 3.8) is 0 Å². The summed E-state index contributed by atoms with van der Waals surface area (Å²) in [7, 11) is 20.5. The number of ether oxygens (including phenoxy) is 12. The first-order valence-electron chi connectivity index (χ1n) is 23.1. The number of quaternary nitrogens is 2. The Morgan fingerprint density at radius 1 is 0.522 bits per heavy atom. The van der Waals surface area contributed by atoms with Gasteiger partial charge in [0.1, 0.15) is 12.1 Å². The zero-order chi connectivity index (χ0) is 49.9. The summed E-state index contributed by atoms with van der Waals surface area (Å²) >= 11 is 0. The van der Waals surface area contributed by atoms with Crippen molar-refractivity contribution in [2.75, 3.05) is 125 Å². The first-order chi connectivity index (χ1) is 33.3. The van der Waals surface area contributed by atoms with Crippen molar-refractivity contribution in [2.45, 2.75) is 44.2 Å². The van der Waals surface area contributed by atoms with Crippen LogP contribution < -0.4 is 47.4 Å². The van der Waals surface area contributed by atoms with Crippen LogP contribution in [0, 0.1) is 0 Å². The van der Waals surface area contributed by atoms with Gasteiger partial charge in [-0.15, -0.1) is 0 Å². The molecule has 0 saturated carbocycles. The number of rotatable bonds is 23. The Hall–Kier alpha value is -6.52. The highest BCUT2D eigenvalue weighted by Crippen LogP contribution is 2.53. The molecule has 0 N–H and O–H groups in total. The van der Waals surface area contributed by atoms with Crippen molar-refractivity contribution in [1.29, 1.82) is 0 Å². The molecule has 0 bridgehead atoms. The Bertz CT molecular complexity index is 2450. The molecule has 4 unspecified atom stereocenters. The smallest absolute Gasteiger partial charge is 0.331 e. The molecule has 0 radical (unpaired) electrons. The van der Waals surface area contributed by atoms with Gasteiger partial charge < -0.3 is 65.8 Å². The van der Waals surface area contributed by atoms with Crippen LogP contribution in [0.5, 0.6) is 57.5 Å². The van der Waals surface area contributed by atoms with Gasteiger partial charge in [0, 0.05) is 55.4 Å². The topological polar surface area (TPSA) is 145 Å². The van der Waals surface area contributed by atoms with E-state index in [1.54, 1.807) is 71.1 Å². The van der Waals surface area contributed by atoms with Crippen LogP contribution in [0.1, 0.15) is 58.3 Å². The molecule has 6 rings (SSSR count). The fourth-order valence-corrected chi connectivity index (χ4v) is 10.2. The number of benzene rings is 4. The number of hydrogen-bond acceptors (Lipinski definition) is 14. The lowest BCUT2D eigenvalue weighted by atomic mass is 9.84. The lowest BCUT2D eigenvalue weighted by Crippen LogP contribution is -2.52. The van der Waals surface area contributed by atoms with Crippen LogP contribution in [0.2, 0.25) is 0 Å². The van der Waals surface area contributed by atoms with E-state index in [2.05, 4.69) is 32.3 Å². The monoisotopic (exact) mass is 958 g/mol. The maximum atomic E-state index is 12.9. The molecule has 16 heteroatoms. The Morgan fingerprint density at radius 2 is 1.00 bits per heavy atom. The summed E-state index contributed by atoms with van der Waals surface area (Å²) < 4.78 is 69.9. The third kappa shape index (κ3) is 11.2. The lowest BCUT2D eigenvalue weighted by Gasteiger charge is -2.46. The molecule has 2 aliphatic heterocycles. The minimum atomic E-state index is -0.631. The van der Waals surface area contributed by atoms with Crippen LogP contribution >= 0.6 is 0 Å². The summed E-state index contributed by atoms with van der Waals surface area (Å²) in [6.07, 6.45) is 5.68. The third-order valence-corrected chi connectivity index (χ3v) is 13.7. The summed E-state index contributed by atoms with van der Waals surface area (Å²) in [5.74, 6) is 4.64. The van der Waals surface area contributed by atoms with E-state index in [0.29, 0.717) is 85.8 Å². The molecule has 16 nitrogen and oxygen atoms in total. The average molecular weight is 959 g/mol. The van der Waals surface area contributed by atoms with Crippen LogP contribution in [0.3, 0.4) is 0 Å². The predicted molar refractivity (Wildman–Crippen MR) is 259 cm³/mol. The lowest BCUT2D eigenvalue weighted by molar-refractivity contribution is -0.941. The highest BCUT2D eigenvalue weighted by Gasteiger charge is 2.45. The molecule has 0 saturated heterocycles. The SMILES string of the molecule is COc1ccc(CC2c3cc(OC)c(OC)cc3CC[N+]2(C)CCCOC(=O)/C=C\C(=O)OCCC[N+]2(C)CCc3cc(OC)c(OC)c(OC)c3C2c2cc(OC)c(OC)c(OC)c2)cc1OC. The summed E-state index contributed by atoms with van der Waals surface area (Å²) in [5, 5.41) is 0. The van der Waals surface area contributed by atoms with Crippen LogP contribution in [0.15, 0.2) is 60.7 Å². The number of hydrogen-bond donors (Lipinski definition) is 0. The fraction of sp³-hybridized carbons (Fsp3) is 0.472. The molecular formula is C53H70N2O14+2. The average Bonchev–Trinajstić information content (AvgIpc) is 3.37. The van der Waals surface area contributed by atoms with E-state index in [1.807, 2.05) is 30.3 Å². The number of esters is 2. The zero-order valence-electron chi connectivity index (χ0n) is 42.3. The van der Waals surface area contributed by atoms with Crippen molar-refractivity contribution >= 4 is 11.9 Å². The van der Waals surface area contributed by atoms with Gasteiger partial charge >= 0.3 is 11.9 Å². The number of carbonyl (C=O) groups is 2. The molecule has 4 aromatic carbocycles. The first-order valence-corrected chi connectivity index (χ1v) is 23.1. The second-order valence-electron chi connectivity index (χ2n) is 17.6. The van der Waals surface area contributed by atoms with Crippen LogP contribution in [0.25, 0.3) is 0 Å². The van der Waals surface area contributed by atoms with Gasteiger partial charge in [0.05, 0.1) is 130 Å². The maximum Gasteiger partial charge on any atom is 0.331 e. The van der Waals surface area contributed by atoms with Gasteiger partial charge in [-0.3, -0.25) is 0 Å². The number of fused-ring (bicyclic) bond motifs is 2. The van der Waals surface area contributed by atoms with Gasteiger partial charge in [-0.2, -0.15) is 0 Å². The van der Waals surface area contributed by atoms with Gasteiger partial charge in [0.15, 0.2) is 46.0 Å². The molecule has 374 valence electrons. The van der Waals surface area contributed by atoms with Crippen LogP contribution in [0.4, 0.5) is 0 Å². The normalized spacial score (nSPS) is 19.4. The summed E-state index contributed by atoms with van der Waals surface area (Å²) in [6, 6.07) is 15.9. The molecule has 0 aliphatic carbocycles. The molecule has 0 aromatic heterocycles. The van der Waals surface area contributed by atoms with E-state index in [1.165, 1.54) is 11.1 Å². The van der Waals surface area contributed by atoms with Crippen molar-refractivity contribution in [1.82, 2.24) is 0 Å². The molecular weight excluding hydrogens is 889 g/mol. The third-order valence-electron chi connectivity index (χ3n) is 13.7. The quantitative estimate of drug-likeness (QED) is 0.0318. The minimum Gasteiger partial charge on any atom is -0.493 e. The van der Waals surface area contributed by atoms with Gasteiger partial charge in [-0.05, 0) is 59.2 Å². The maximum absolute atomic E-state index is 12.9. The van der Waals surface area contributed by atoms with Crippen LogP contribution in [-0.4, -0.2) is 145 Å². The first kappa shape index (κ1) is 51.9. The molecule has 69 heavy (non-hydrogen) atoms. The molecule has 2 aliphatic rings. The van der Waals surface area contributed by atoms with Crippen molar-refractivity contribution in [3.8, 4) is 57.5 Å². The number of nitrogens with zero attached hydrogens (tertiary/aromatic N) is 2. The second-order valence-corrected chi connectivity index (χ2v) is 17.6. The molecule has 0 fully saturated rings. The molecule has 4 aromatic rings. The summed E-state index contributed by atoms with van der Waals surface area (Å²) in [4.78, 5) is 25.8. The standard InChI is InChI=1S/C53H70N2O14/c1-54(23-19-35-29-42(60-5)43(61-6)33-38(35)39(54)27-34-15-16-40(58-3)41(28-34)59-4)21-13-25-68-47(56)17-18-48(57)69-26-14-22-55(2)24-20-36-30-46(64-9)52(66-11)53(67-12)49(36)50(55)37-31-44(62-7)51(65-10)45(32-37)63-8/h15-18,28-33,39,50H,13-14,19-27H2,1-12H3/q+2/b18-17-. The summed E-state index contributed by atoms with van der Waals surface area (Å²) in [6.45, 7) is 3.30. The zero-order valence-corrected chi connectivity index (χ0v) is 42.3. The number of carbonyl (C=O) groups excluding carboxylic acids is 2. The van der Waals surface area contributed by atoms with E-state index in [4.69, 9.17) is 56.8 Å². The second kappa shape index (κ2) is 23.2. The molecule has 0 amide bonds. The predicted octanol–water partition coefficient (Wildman–Crippen LogP) is 7.27. The van der Waals surface area contributed by atoms with E-state index < -0.39 is 11.9 Å². The van der Waals surface area contributed by atoms with E-state index in [-0.39, 0.29) is 25.3 Å². The van der Waals surface area contributed by atoms with E-state index in [9.17, 15) is 9.59 Å². The summed E-state index contributed by atoms with van der Waals surface area (Å²) in [5.41, 5.74) is 6.42. The Labute approximate surface area is 406 Å².